The Kier molecular flexibility index (Phi) is 5.78. The van der Waals surface area contributed by atoms with Gasteiger partial charge in [0.15, 0.2) is 0 Å². The Morgan fingerprint density at radius 2 is 1.92 bits per heavy atom. The summed E-state index contributed by atoms with van der Waals surface area (Å²) in [5.41, 5.74) is 1.27. The van der Waals surface area contributed by atoms with Crippen LogP contribution >= 0.6 is 11.6 Å². The molecule has 1 atom stereocenters. The normalized spacial score (nSPS) is 12.1. The van der Waals surface area contributed by atoms with E-state index in [0.717, 1.165) is 0 Å². The zero-order valence-corrected chi connectivity index (χ0v) is 13.6. The zero-order valence-electron chi connectivity index (χ0n) is 12.9. The van der Waals surface area contributed by atoms with Crippen LogP contribution in [-0.4, -0.2) is 12.5 Å². The number of halogens is 1. The fourth-order valence-electron chi connectivity index (χ4n) is 1.82. The molecule has 2 aromatic carbocycles. The number of aliphatic imine (C=N–C) groups is 1. The second-order valence-electron chi connectivity index (χ2n) is 5.07. The first-order valence-electron chi connectivity index (χ1n) is 7.11. The molecule has 6 heteroatoms. The van der Waals surface area contributed by atoms with Crippen molar-refractivity contribution in [2.24, 2.45) is 10.9 Å². The Hall–Kier alpha value is -3.02. The quantitative estimate of drug-likeness (QED) is 0.618. The summed E-state index contributed by atoms with van der Waals surface area (Å²) in [4.78, 5) is 3.98. The third kappa shape index (κ3) is 4.49. The smallest absolute Gasteiger partial charge is 0.119 e. The van der Waals surface area contributed by atoms with Crippen molar-refractivity contribution in [1.29, 1.82) is 10.5 Å². The molecule has 0 fully saturated rings. The van der Waals surface area contributed by atoms with Gasteiger partial charge in [-0.05, 0) is 48.4 Å². The van der Waals surface area contributed by atoms with Crippen LogP contribution in [0.4, 0.5) is 5.69 Å². The minimum absolute atomic E-state index is 0.165. The third-order valence-corrected chi connectivity index (χ3v) is 3.53. The first-order chi connectivity index (χ1) is 11.5. The Labute approximate surface area is 145 Å². The first-order valence-corrected chi connectivity index (χ1v) is 7.49. The van der Waals surface area contributed by atoms with Crippen LogP contribution in [0.5, 0.6) is 5.75 Å². The maximum Gasteiger partial charge on any atom is 0.119 e. The van der Waals surface area contributed by atoms with E-state index in [1.165, 1.54) is 12.1 Å². The van der Waals surface area contributed by atoms with Crippen molar-refractivity contribution in [2.75, 3.05) is 6.61 Å². The summed E-state index contributed by atoms with van der Waals surface area (Å²) in [6.07, 6.45) is 0. The predicted octanol–water partition coefficient (Wildman–Crippen LogP) is 3.19. The van der Waals surface area contributed by atoms with E-state index < -0.39 is 5.92 Å². The minimum atomic E-state index is -0.449. The van der Waals surface area contributed by atoms with E-state index in [4.69, 9.17) is 26.9 Å². The van der Waals surface area contributed by atoms with Crippen LogP contribution in [0.15, 0.2) is 47.5 Å². The summed E-state index contributed by atoms with van der Waals surface area (Å²) in [5, 5.41) is 29.9. The van der Waals surface area contributed by atoms with E-state index in [1.807, 2.05) is 12.1 Å². The highest BCUT2D eigenvalue weighted by atomic mass is 35.5. The minimum Gasteiger partial charge on any atom is -0.861 e. The molecule has 2 rings (SSSR count). The van der Waals surface area contributed by atoms with Gasteiger partial charge in [0.1, 0.15) is 11.8 Å². The average molecular weight is 339 g/mol. The van der Waals surface area contributed by atoms with Crippen molar-refractivity contribution in [3.8, 4) is 17.9 Å². The van der Waals surface area contributed by atoms with Crippen molar-refractivity contribution in [3.05, 3.63) is 58.6 Å². The van der Waals surface area contributed by atoms with Crippen LogP contribution in [0.3, 0.4) is 0 Å². The molecule has 0 aromatic heterocycles. The van der Waals surface area contributed by atoms with Gasteiger partial charge in [-0.1, -0.05) is 18.5 Å². The highest BCUT2D eigenvalue weighted by Gasteiger charge is 2.05. The largest absolute Gasteiger partial charge is 0.861 e. The van der Waals surface area contributed by atoms with Crippen LogP contribution in [0.2, 0.25) is 5.02 Å². The molecule has 5 nitrogen and oxygen atoms in total. The summed E-state index contributed by atoms with van der Waals surface area (Å²) < 4.78 is 5.53. The Balaban J connectivity index is 2.00. The highest BCUT2D eigenvalue weighted by molar-refractivity contribution is 6.32. The van der Waals surface area contributed by atoms with Gasteiger partial charge in [0.2, 0.25) is 0 Å². The fraction of sp³-hybridized carbons (Fsp3) is 0.167. The maximum absolute atomic E-state index is 12.1. The van der Waals surface area contributed by atoms with E-state index in [1.54, 1.807) is 37.3 Å². The lowest BCUT2D eigenvalue weighted by Gasteiger charge is -2.19. The van der Waals surface area contributed by atoms with Crippen molar-refractivity contribution < 1.29 is 9.84 Å². The van der Waals surface area contributed by atoms with Crippen LogP contribution in [-0.2, 0) is 0 Å². The molecule has 0 bridgehead atoms. The molecule has 0 amide bonds. The van der Waals surface area contributed by atoms with Gasteiger partial charge in [-0.25, -0.2) is 0 Å². The lowest BCUT2D eigenvalue weighted by atomic mass is 10.2. The van der Waals surface area contributed by atoms with E-state index >= 15 is 0 Å². The molecule has 0 spiro atoms. The molecule has 0 aliphatic heterocycles. The van der Waals surface area contributed by atoms with Gasteiger partial charge in [0.05, 0.1) is 34.5 Å². The van der Waals surface area contributed by atoms with Gasteiger partial charge in [0, 0.05) is 5.92 Å². The van der Waals surface area contributed by atoms with Crippen molar-refractivity contribution >= 4 is 23.2 Å². The van der Waals surface area contributed by atoms with Crippen molar-refractivity contribution in [3.63, 3.8) is 0 Å². The molecular weight excluding hydrogens is 326 g/mol. The standard InChI is InChI=1S/C18H14ClN3O2/c1-12(11-24-16-6-2-13(9-20)3-7-16)18(23)22-15-5-4-14(10-21)17(19)8-15/h2-8,12H,11H2,1H3,(H,22,23)/p-1/t12-/m1/s1. The second-order valence-corrected chi connectivity index (χ2v) is 5.48. The van der Waals surface area contributed by atoms with Crippen LogP contribution in [0.25, 0.3) is 0 Å². The van der Waals surface area contributed by atoms with E-state index in [-0.39, 0.29) is 17.5 Å². The Morgan fingerprint density at radius 3 is 2.50 bits per heavy atom. The van der Waals surface area contributed by atoms with Gasteiger partial charge in [-0.15, -0.1) is 0 Å². The molecule has 0 aliphatic carbocycles. The van der Waals surface area contributed by atoms with Crippen LogP contribution in [0.1, 0.15) is 18.1 Å². The van der Waals surface area contributed by atoms with Gasteiger partial charge in [-0.2, -0.15) is 10.5 Å². The number of benzene rings is 2. The molecule has 0 saturated heterocycles. The number of rotatable bonds is 5. The number of ether oxygens (including phenoxy) is 1. The molecule has 2 aromatic rings. The monoisotopic (exact) mass is 338 g/mol. The highest BCUT2D eigenvalue weighted by Crippen LogP contribution is 2.22. The fourth-order valence-corrected chi connectivity index (χ4v) is 2.04. The number of nitrogens with zero attached hydrogens (tertiary/aromatic N) is 3. The summed E-state index contributed by atoms with van der Waals surface area (Å²) in [5.74, 6) is -0.213. The number of hydrogen-bond donors (Lipinski definition) is 0. The topological polar surface area (TPSA) is 92.2 Å². The molecule has 0 heterocycles. The lowest BCUT2D eigenvalue weighted by molar-refractivity contribution is -0.223. The van der Waals surface area contributed by atoms with Gasteiger partial charge < -0.3 is 9.84 Å². The molecule has 0 aliphatic rings. The number of hydrogen-bond acceptors (Lipinski definition) is 5. The molecule has 0 unspecified atom stereocenters. The lowest BCUT2D eigenvalue weighted by Crippen LogP contribution is -2.29. The van der Waals surface area contributed by atoms with Crippen LogP contribution < -0.4 is 9.84 Å². The van der Waals surface area contributed by atoms with Gasteiger partial charge in [0.25, 0.3) is 0 Å². The van der Waals surface area contributed by atoms with Gasteiger partial charge in [-0.3, -0.25) is 4.99 Å². The summed E-state index contributed by atoms with van der Waals surface area (Å²) in [6, 6.07) is 15.2. The molecule has 0 saturated carbocycles. The third-order valence-electron chi connectivity index (χ3n) is 3.22. The molecule has 120 valence electrons. The Morgan fingerprint density at radius 1 is 1.21 bits per heavy atom. The number of nitriles is 2. The molecule has 0 radical (unpaired) electrons. The van der Waals surface area contributed by atoms with E-state index in [9.17, 15) is 5.11 Å². The maximum atomic E-state index is 12.1. The Bertz CT molecular complexity index is 833. The SMILES string of the molecule is C[C@H](COc1ccc(C#N)cc1)C([O-])=Nc1ccc(C#N)c(Cl)c1. The molecule has 0 N–H and O–H groups in total. The summed E-state index contributed by atoms with van der Waals surface area (Å²) in [6.45, 7) is 1.87. The van der Waals surface area contributed by atoms with Crippen molar-refractivity contribution in [2.45, 2.75) is 6.92 Å². The summed E-state index contributed by atoms with van der Waals surface area (Å²) >= 11 is 5.92. The summed E-state index contributed by atoms with van der Waals surface area (Å²) in [7, 11) is 0. The molecular formula is C18H13ClN3O2-. The molecule has 24 heavy (non-hydrogen) atoms. The van der Waals surface area contributed by atoms with Gasteiger partial charge >= 0.3 is 0 Å². The van der Waals surface area contributed by atoms with Crippen molar-refractivity contribution in [1.82, 2.24) is 0 Å². The second kappa shape index (κ2) is 8.01. The van der Waals surface area contributed by atoms with E-state index in [2.05, 4.69) is 4.99 Å². The van der Waals surface area contributed by atoms with Crippen LogP contribution in [0, 0.1) is 28.6 Å². The zero-order chi connectivity index (χ0) is 17.5. The van der Waals surface area contributed by atoms with E-state index in [0.29, 0.717) is 22.6 Å². The average Bonchev–Trinajstić information content (AvgIpc) is 2.60. The first kappa shape index (κ1) is 17.3. The predicted molar refractivity (Wildman–Crippen MR) is 89.1 cm³/mol.